The van der Waals surface area contributed by atoms with Gasteiger partial charge >= 0.3 is 0 Å². The van der Waals surface area contributed by atoms with Gasteiger partial charge in [-0.05, 0) is 66.8 Å². The fraction of sp³-hybridized carbons (Fsp3) is 0.323. The molecule has 3 aliphatic rings. The van der Waals surface area contributed by atoms with Gasteiger partial charge in [-0.1, -0.05) is 49.6 Å². The predicted molar refractivity (Wildman–Crippen MR) is 143 cm³/mol. The van der Waals surface area contributed by atoms with Crippen molar-refractivity contribution in [3.05, 3.63) is 101 Å². The summed E-state index contributed by atoms with van der Waals surface area (Å²) in [4.78, 5) is 26.1. The van der Waals surface area contributed by atoms with Crippen LogP contribution >= 0.6 is 0 Å². The Morgan fingerprint density at radius 1 is 0.921 bits per heavy atom. The van der Waals surface area contributed by atoms with E-state index in [2.05, 4.69) is 5.32 Å². The Hall–Kier alpha value is -4.00. The van der Waals surface area contributed by atoms with Gasteiger partial charge in [0.1, 0.15) is 11.6 Å². The zero-order valence-corrected chi connectivity index (χ0v) is 21.1. The number of carbonyl (C=O) groups is 2. The van der Waals surface area contributed by atoms with Crippen LogP contribution in [0.3, 0.4) is 0 Å². The molecule has 3 aromatic carbocycles. The molecule has 2 atom stereocenters. The molecule has 0 aromatic heterocycles. The van der Waals surface area contributed by atoms with Gasteiger partial charge < -0.3 is 10.1 Å². The van der Waals surface area contributed by atoms with E-state index in [1.807, 2.05) is 48.5 Å². The predicted octanol–water partition coefficient (Wildman–Crippen LogP) is 5.89. The van der Waals surface area contributed by atoms with Crippen LogP contribution in [0.2, 0.25) is 0 Å². The molecule has 1 saturated carbocycles. The van der Waals surface area contributed by atoms with Crippen LogP contribution in [0.4, 0.5) is 4.39 Å². The van der Waals surface area contributed by atoms with Crippen LogP contribution in [0.25, 0.3) is 0 Å². The van der Waals surface area contributed by atoms with Crippen molar-refractivity contribution in [2.24, 2.45) is 11.0 Å². The first-order chi connectivity index (χ1) is 18.6. The maximum atomic E-state index is 13.5. The number of hydrogen-bond donors (Lipinski definition) is 1. The highest BCUT2D eigenvalue weighted by Gasteiger charge is 2.43. The van der Waals surface area contributed by atoms with Crippen molar-refractivity contribution in [1.29, 1.82) is 0 Å². The molecule has 1 aliphatic carbocycles. The molecule has 2 heterocycles. The van der Waals surface area contributed by atoms with E-state index in [1.54, 1.807) is 5.01 Å². The average Bonchev–Trinajstić information content (AvgIpc) is 3.42. The second-order valence-corrected chi connectivity index (χ2v) is 10.3. The lowest BCUT2D eigenvalue weighted by atomic mass is 9.89. The number of para-hydroxylation sites is 1. The molecule has 3 aromatic rings. The van der Waals surface area contributed by atoms with Crippen LogP contribution in [0, 0.1) is 11.7 Å². The minimum Gasteiger partial charge on any atom is -0.461 e. The van der Waals surface area contributed by atoms with Gasteiger partial charge in [-0.25, -0.2) is 9.40 Å². The molecule has 6 rings (SSSR count). The number of benzene rings is 3. The van der Waals surface area contributed by atoms with E-state index in [4.69, 9.17) is 9.84 Å². The molecule has 38 heavy (non-hydrogen) atoms. The molecule has 2 aliphatic heterocycles. The van der Waals surface area contributed by atoms with E-state index < -0.39 is 12.0 Å². The van der Waals surface area contributed by atoms with Crippen molar-refractivity contribution in [3.63, 3.8) is 0 Å². The Morgan fingerprint density at radius 2 is 1.63 bits per heavy atom. The number of fused-ring (bicyclic) bond motifs is 3. The number of Topliss-reactive ketones (excluding diaryl/α,β-unsaturated/α-hetero) is 1. The molecule has 7 heteroatoms. The normalized spacial score (nSPS) is 20.7. The smallest absolute Gasteiger partial charge is 0.251 e. The van der Waals surface area contributed by atoms with Crippen LogP contribution in [-0.2, 0) is 0 Å². The van der Waals surface area contributed by atoms with Crippen molar-refractivity contribution in [2.75, 3.05) is 6.54 Å². The summed E-state index contributed by atoms with van der Waals surface area (Å²) in [5.41, 5.74) is 3.67. The molecule has 0 bridgehead atoms. The Kier molecular flexibility index (Phi) is 6.66. The highest BCUT2D eigenvalue weighted by Crippen LogP contribution is 2.43. The second-order valence-electron chi connectivity index (χ2n) is 10.3. The minimum atomic E-state index is -0.956. The van der Waals surface area contributed by atoms with Crippen LogP contribution in [0.1, 0.15) is 76.4 Å². The van der Waals surface area contributed by atoms with Crippen molar-refractivity contribution < 1.29 is 18.7 Å². The van der Waals surface area contributed by atoms with E-state index in [0.29, 0.717) is 29.2 Å². The molecule has 1 N–H and O–H groups in total. The van der Waals surface area contributed by atoms with Crippen molar-refractivity contribution in [3.8, 4) is 5.75 Å². The third kappa shape index (κ3) is 4.80. The van der Waals surface area contributed by atoms with Crippen LogP contribution in [0.5, 0.6) is 5.75 Å². The van der Waals surface area contributed by atoms with Gasteiger partial charge in [0.25, 0.3) is 12.1 Å². The van der Waals surface area contributed by atoms with Crippen LogP contribution < -0.4 is 10.1 Å². The number of rotatable bonds is 6. The SMILES string of the molecule is O=C(NCC1CCCCC1)c1ccc(C2=NN3C(C(=O)c4ccc(F)cc4)Oc4ccccc4C3C2)cc1. The van der Waals surface area contributed by atoms with E-state index in [1.165, 1.54) is 56.4 Å². The zero-order chi connectivity index (χ0) is 26.1. The van der Waals surface area contributed by atoms with Gasteiger partial charge in [-0.3, -0.25) is 9.59 Å². The van der Waals surface area contributed by atoms with Gasteiger partial charge in [0, 0.05) is 29.7 Å². The molecule has 194 valence electrons. The number of ether oxygens (including phenoxy) is 1. The molecule has 0 radical (unpaired) electrons. The molecule has 1 fully saturated rings. The largest absolute Gasteiger partial charge is 0.461 e. The number of hydrogen-bond acceptors (Lipinski definition) is 5. The highest BCUT2D eigenvalue weighted by atomic mass is 19.1. The average molecular weight is 512 g/mol. The molecule has 6 nitrogen and oxygen atoms in total. The third-order valence-corrected chi connectivity index (χ3v) is 7.81. The van der Waals surface area contributed by atoms with Crippen molar-refractivity contribution in [1.82, 2.24) is 10.3 Å². The van der Waals surface area contributed by atoms with Gasteiger partial charge in [0.2, 0.25) is 5.78 Å². The van der Waals surface area contributed by atoms with Crippen LogP contribution in [-0.4, -0.2) is 35.2 Å². The lowest BCUT2D eigenvalue weighted by Gasteiger charge is -2.37. The van der Waals surface area contributed by atoms with Crippen LogP contribution in [0.15, 0.2) is 77.9 Å². The first kappa shape index (κ1) is 24.3. The lowest BCUT2D eigenvalue weighted by Crippen LogP contribution is -2.45. The summed E-state index contributed by atoms with van der Waals surface area (Å²) >= 11 is 0. The summed E-state index contributed by atoms with van der Waals surface area (Å²) in [5.74, 6) is 0.491. The zero-order valence-electron chi connectivity index (χ0n) is 21.1. The molecule has 2 unspecified atom stereocenters. The molecule has 1 amide bonds. The Morgan fingerprint density at radius 3 is 2.39 bits per heavy atom. The first-order valence-corrected chi connectivity index (χ1v) is 13.4. The summed E-state index contributed by atoms with van der Waals surface area (Å²) in [6, 6.07) is 20.5. The number of halogens is 1. The summed E-state index contributed by atoms with van der Waals surface area (Å²) in [6.07, 6.45) is 5.82. The number of carbonyl (C=O) groups excluding carboxylic acids is 2. The van der Waals surface area contributed by atoms with Crippen molar-refractivity contribution >= 4 is 17.4 Å². The van der Waals surface area contributed by atoms with Gasteiger partial charge in [0.05, 0.1) is 11.8 Å². The minimum absolute atomic E-state index is 0.0554. The Bertz CT molecular complexity index is 1360. The first-order valence-electron chi connectivity index (χ1n) is 13.4. The summed E-state index contributed by atoms with van der Waals surface area (Å²) < 4.78 is 19.6. The fourth-order valence-electron chi connectivity index (χ4n) is 5.68. The fourth-order valence-corrected chi connectivity index (χ4v) is 5.68. The highest BCUT2D eigenvalue weighted by molar-refractivity contribution is 6.04. The van der Waals surface area contributed by atoms with E-state index in [-0.39, 0.29) is 17.7 Å². The van der Waals surface area contributed by atoms with E-state index in [0.717, 1.165) is 23.4 Å². The Labute approximate surface area is 221 Å². The Balaban J connectivity index is 1.21. The van der Waals surface area contributed by atoms with Crippen molar-refractivity contribution in [2.45, 2.75) is 50.8 Å². The quantitative estimate of drug-likeness (QED) is 0.419. The van der Waals surface area contributed by atoms with Gasteiger partial charge in [0.15, 0.2) is 0 Å². The second kappa shape index (κ2) is 10.4. The topological polar surface area (TPSA) is 71.0 Å². The molecule has 0 spiro atoms. The van der Waals surface area contributed by atoms with E-state index in [9.17, 15) is 14.0 Å². The van der Waals surface area contributed by atoms with Gasteiger partial charge in [-0.15, -0.1) is 0 Å². The third-order valence-electron chi connectivity index (χ3n) is 7.81. The van der Waals surface area contributed by atoms with E-state index >= 15 is 0 Å². The number of nitrogens with zero attached hydrogens (tertiary/aromatic N) is 2. The lowest BCUT2D eigenvalue weighted by molar-refractivity contribution is -0.00456. The maximum absolute atomic E-state index is 13.5. The monoisotopic (exact) mass is 511 g/mol. The number of nitrogens with one attached hydrogen (secondary N) is 1. The number of hydrazone groups is 1. The summed E-state index contributed by atoms with van der Waals surface area (Å²) in [7, 11) is 0. The maximum Gasteiger partial charge on any atom is 0.251 e. The summed E-state index contributed by atoms with van der Waals surface area (Å²) in [6.45, 7) is 0.729. The molecular weight excluding hydrogens is 481 g/mol. The number of ketones is 1. The van der Waals surface area contributed by atoms with Gasteiger partial charge in [-0.2, -0.15) is 5.10 Å². The number of amides is 1. The summed E-state index contributed by atoms with van der Waals surface area (Å²) in [5, 5.41) is 9.63. The standard InChI is InChI=1S/C31H30FN3O3/c32-24-16-14-22(15-17-24)29(36)31-35-27(25-8-4-5-9-28(25)38-31)18-26(34-35)21-10-12-23(13-11-21)30(37)33-19-20-6-2-1-3-7-20/h4-5,8-17,20,27,31H,1-3,6-7,18-19H2,(H,33,37). The molecular formula is C31H30FN3O3. The molecule has 0 saturated heterocycles.